The molecule has 5 nitrogen and oxygen atoms in total. The van der Waals surface area contributed by atoms with Crippen LogP contribution in [0.5, 0.6) is 5.75 Å². The number of nitrogens with one attached hydrogen (secondary N) is 1. The molecule has 0 spiro atoms. The molecule has 0 fully saturated rings. The van der Waals surface area contributed by atoms with Gasteiger partial charge in [0.2, 0.25) is 11.8 Å². The maximum absolute atomic E-state index is 13.2. The van der Waals surface area contributed by atoms with Gasteiger partial charge in [-0.05, 0) is 41.8 Å². The van der Waals surface area contributed by atoms with Gasteiger partial charge in [0.05, 0.1) is 13.5 Å². The Labute approximate surface area is 159 Å². The highest BCUT2D eigenvalue weighted by molar-refractivity contribution is 5.88. The molecule has 2 rings (SSSR count). The first-order chi connectivity index (χ1) is 13.0. The summed E-state index contributed by atoms with van der Waals surface area (Å²) in [6.45, 7) is 2.10. The lowest BCUT2D eigenvalue weighted by Gasteiger charge is -2.30. The van der Waals surface area contributed by atoms with Gasteiger partial charge in [-0.2, -0.15) is 0 Å². The third kappa shape index (κ3) is 5.54. The van der Waals surface area contributed by atoms with E-state index in [1.165, 1.54) is 12.1 Å². The average Bonchev–Trinajstić information content (AvgIpc) is 2.69. The minimum absolute atomic E-state index is 0.165. The van der Waals surface area contributed by atoms with Crippen molar-refractivity contribution in [3.63, 3.8) is 0 Å². The molecule has 27 heavy (non-hydrogen) atoms. The summed E-state index contributed by atoms with van der Waals surface area (Å²) in [4.78, 5) is 26.8. The second kappa shape index (κ2) is 9.71. The van der Waals surface area contributed by atoms with E-state index in [1.54, 1.807) is 43.3 Å². The van der Waals surface area contributed by atoms with E-state index in [0.29, 0.717) is 12.2 Å². The number of carbonyl (C=O) groups excluding carboxylic acids is 2. The van der Waals surface area contributed by atoms with Gasteiger partial charge in [0, 0.05) is 13.6 Å². The highest BCUT2D eigenvalue weighted by Crippen LogP contribution is 2.17. The number of carbonyl (C=O) groups is 2. The zero-order valence-corrected chi connectivity index (χ0v) is 15.9. The van der Waals surface area contributed by atoms with Gasteiger partial charge in [-0.3, -0.25) is 9.59 Å². The molecule has 0 aliphatic heterocycles. The number of amides is 2. The second-order valence-corrected chi connectivity index (χ2v) is 6.21. The van der Waals surface area contributed by atoms with Crippen LogP contribution in [0.25, 0.3) is 0 Å². The molecule has 0 heterocycles. The molecule has 0 aromatic heterocycles. The molecule has 1 atom stereocenters. The van der Waals surface area contributed by atoms with E-state index in [2.05, 4.69) is 5.32 Å². The van der Waals surface area contributed by atoms with E-state index < -0.39 is 6.04 Å². The first kappa shape index (κ1) is 20.4. The van der Waals surface area contributed by atoms with Crippen LogP contribution in [-0.4, -0.2) is 36.9 Å². The van der Waals surface area contributed by atoms with Crippen molar-refractivity contribution in [3.8, 4) is 5.75 Å². The number of likely N-dealkylation sites (N-methyl/N-ethyl adjacent to an activating group) is 1. The lowest BCUT2D eigenvalue weighted by molar-refractivity contribution is -0.140. The summed E-state index contributed by atoms with van der Waals surface area (Å²) < 4.78 is 18.3. The largest absolute Gasteiger partial charge is 0.497 e. The topological polar surface area (TPSA) is 58.6 Å². The van der Waals surface area contributed by atoms with E-state index in [1.807, 2.05) is 19.1 Å². The zero-order chi connectivity index (χ0) is 19.8. The van der Waals surface area contributed by atoms with Crippen LogP contribution in [0.4, 0.5) is 4.39 Å². The lowest BCUT2D eigenvalue weighted by atomic mass is 10.1. The number of benzene rings is 2. The minimum Gasteiger partial charge on any atom is -0.497 e. The summed E-state index contributed by atoms with van der Waals surface area (Å²) in [6.07, 6.45) is 0.647. The van der Waals surface area contributed by atoms with Gasteiger partial charge in [0.15, 0.2) is 0 Å². The Balaban J connectivity index is 2.24. The number of methoxy groups -OCH3 is 1. The van der Waals surface area contributed by atoms with Gasteiger partial charge in [-0.15, -0.1) is 0 Å². The smallest absolute Gasteiger partial charge is 0.242 e. The highest BCUT2D eigenvalue weighted by atomic mass is 19.1. The summed E-state index contributed by atoms with van der Waals surface area (Å²) in [7, 11) is 3.13. The van der Waals surface area contributed by atoms with Gasteiger partial charge in [0.25, 0.3) is 0 Å². The van der Waals surface area contributed by atoms with E-state index in [4.69, 9.17) is 4.74 Å². The third-order valence-electron chi connectivity index (χ3n) is 4.41. The number of hydrogen-bond acceptors (Lipinski definition) is 3. The standard InChI is InChI=1S/C21H25FN2O3/c1-4-19(21(26)23-2)24(14-16-5-9-17(22)10-6-16)20(25)13-15-7-11-18(27-3)12-8-15/h5-12,19H,4,13-14H2,1-3H3,(H,23,26)/t19-/m0/s1. The molecule has 2 aromatic rings. The van der Waals surface area contributed by atoms with Gasteiger partial charge < -0.3 is 15.0 Å². The van der Waals surface area contributed by atoms with Crippen LogP contribution < -0.4 is 10.1 Å². The average molecular weight is 372 g/mol. The van der Waals surface area contributed by atoms with Crippen LogP contribution >= 0.6 is 0 Å². The van der Waals surface area contributed by atoms with Crippen molar-refractivity contribution in [1.29, 1.82) is 0 Å². The molecule has 0 radical (unpaired) electrons. The fourth-order valence-electron chi connectivity index (χ4n) is 2.89. The zero-order valence-electron chi connectivity index (χ0n) is 15.9. The van der Waals surface area contributed by atoms with Crippen molar-refractivity contribution in [3.05, 3.63) is 65.5 Å². The summed E-state index contributed by atoms with van der Waals surface area (Å²) in [6, 6.07) is 12.6. The quantitative estimate of drug-likeness (QED) is 0.775. The van der Waals surface area contributed by atoms with Crippen molar-refractivity contribution in [2.75, 3.05) is 14.2 Å². The monoisotopic (exact) mass is 372 g/mol. The molecule has 0 saturated heterocycles. The number of rotatable bonds is 8. The van der Waals surface area contributed by atoms with Gasteiger partial charge in [-0.25, -0.2) is 4.39 Å². The molecule has 0 bridgehead atoms. The van der Waals surface area contributed by atoms with Crippen LogP contribution in [0.3, 0.4) is 0 Å². The molecule has 0 aliphatic rings. The van der Waals surface area contributed by atoms with E-state index >= 15 is 0 Å². The maximum Gasteiger partial charge on any atom is 0.242 e. The van der Waals surface area contributed by atoms with Crippen molar-refractivity contribution in [2.24, 2.45) is 0 Å². The summed E-state index contributed by atoms with van der Waals surface area (Å²) in [5.41, 5.74) is 1.60. The van der Waals surface area contributed by atoms with Gasteiger partial charge in [-0.1, -0.05) is 31.2 Å². The molecule has 2 aromatic carbocycles. The first-order valence-electron chi connectivity index (χ1n) is 8.87. The fourth-order valence-corrected chi connectivity index (χ4v) is 2.89. The molecule has 6 heteroatoms. The SMILES string of the molecule is CC[C@@H](C(=O)NC)N(Cc1ccc(F)cc1)C(=O)Cc1ccc(OC)cc1. The number of hydrogen-bond donors (Lipinski definition) is 1. The molecule has 0 aliphatic carbocycles. The molecule has 1 N–H and O–H groups in total. The Morgan fingerprint density at radius 1 is 1.07 bits per heavy atom. The van der Waals surface area contributed by atoms with Crippen molar-refractivity contribution in [1.82, 2.24) is 10.2 Å². The number of halogens is 1. The second-order valence-electron chi connectivity index (χ2n) is 6.21. The predicted octanol–water partition coefficient (Wildman–Crippen LogP) is 2.93. The van der Waals surface area contributed by atoms with Crippen LogP contribution in [0.15, 0.2) is 48.5 Å². The van der Waals surface area contributed by atoms with Crippen molar-refractivity contribution >= 4 is 11.8 Å². The Morgan fingerprint density at radius 3 is 2.19 bits per heavy atom. The molecule has 0 unspecified atom stereocenters. The predicted molar refractivity (Wildman–Crippen MR) is 102 cm³/mol. The van der Waals surface area contributed by atoms with Gasteiger partial charge in [0.1, 0.15) is 17.6 Å². The number of ether oxygens (including phenoxy) is 1. The molecule has 2 amide bonds. The van der Waals surface area contributed by atoms with Crippen molar-refractivity contribution < 1.29 is 18.7 Å². The Morgan fingerprint density at radius 2 is 1.67 bits per heavy atom. The fraction of sp³-hybridized carbons (Fsp3) is 0.333. The van der Waals surface area contributed by atoms with Crippen LogP contribution in [0.1, 0.15) is 24.5 Å². The molecular weight excluding hydrogens is 347 g/mol. The number of nitrogens with zero attached hydrogens (tertiary/aromatic N) is 1. The van der Waals surface area contributed by atoms with E-state index in [0.717, 1.165) is 11.1 Å². The Bertz CT molecular complexity index is 760. The van der Waals surface area contributed by atoms with Crippen LogP contribution in [0, 0.1) is 5.82 Å². The summed E-state index contributed by atoms with van der Waals surface area (Å²) in [5.74, 6) is -0.0120. The normalized spacial score (nSPS) is 11.6. The summed E-state index contributed by atoms with van der Waals surface area (Å²) in [5, 5.41) is 2.62. The van der Waals surface area contributed by atoms with E-state index in [-0.39, 0.29) is 30.6 Å². The Hall–Kier alpha value is -2.89. The Kier molecular flexibility index (Phi) is 7.34. The van der Waals surface area contributed by atoms with Crippen LogP contribution in [-0.2, 0) is 22.6 Å². The van der Waals surface area contributed by atoms with E-state index in [9.17, 15) is 14.0 Å². The van der Waals surface area contributed by atoms with Crippen molar-refractivity contribution in [2.45, 2.75) is 32.4 Å². The molecular formula is C21H25FN2O3. The third-order valence-corrected chi connectivity index (χ3v) is 4.41. The first-order valence-corrected chi connectivity index (χ1v) is 8.87. The molecule has 144 valence electrons. The van der Waals surface area contributed by atoms with Crippen LogP contribution in [0.2, 0.25) is 0 Å². The highest BCUT2D eigenvalue weighted by Gasteiger charge is 2.28. The van der Waals surface area contributed by atoms with Gasteiger partial charge >= 0.3 is 0 Å². The minimum atomic E-state index is -0.592. The lowest BCUT2D eigenvalue weighted by Crippen LogP contribution is -2.48. The molecule has 0 saturated carbocycles. The maximum atomic E-state index is 13.2. The summed E-state index contributed by atoms with van der Waals surface area (Å²) >= 11 is 0.